The molecule has 166 valence electrons. The number of benzene rings is 2. The van der Waals surface area contributed by atoms with Crippen LogP contribution in [0.3, 0.4) is 0 Å². The molecule has 0 aliphatic carbocycles. The molecule has 0 unspecified atom stereocenters. The second kappa shape index (κ2) is 9.72. The highest BCUT2D eigenvalue weighted by atomic mass is 32.2. The van der Waals surface area contributed by atoms with Crippen molar-refractivity contribution in [1.82, 2.24) is 14.1 Å². The van der Waals surface area contributed by atoms with E-state index < -0.39 is 10.0 Å². The number of rotatable bonds is 7. The van der Waals surface area contributed by atoms with Crippen molar-refractivity contribution in [2.24, 2.45) is 0 Å². The number of amides is 1. The van der Waals surface area contributed by atoms with E-state index in [-0.39, 0.29) is 22.6 Å². The van der Waals surface area contributed by atoms with Gasteiger partial charge in [0.15, 0.2) is 5.78 Å². The lowest BCUT2D eigenvalue weighted by Gasteiger charge is -2.37. The molecule has 2 aromatic carbocycles. The number of hydrogen-bond acceptors (Lipinski definition) is 5. The van der Waals surface area contributed by atoms with E-state index in [2.05, 4.69) is 0 Å². The highest BCUT2D eigenvalue weighted by Crippen LogP contribution is 2.20. The van der Waals surface area contributed by atoms with Gasteiger partial charge in [-0.2, -0.15) is 4.31 Å². The molecule has 1 aliphatic rings. The van der Waals surface area contributed by atoms with E-state index in [0.717, 1.165) is 5.56 Å². The van der Waals surface area contributed by atoms with Crippen LogP contribution in [0.5, 0.6) is 0 Å². The van der Waals surface area contributed by atoms with Crippen molar-refractivity contribution < 1.29 is 18.0 Å². The Morgan fingerprint density at radius 1 is 0.968 bits per heavy atom. The maximum atomic E-state index is 12.9. The third kappa shape index (κ3) is 5.39. The fraction of sp³-hybridized carbons (Fsp3) is 0.391. The van der Waals surface area contributed by atoms with E-state index in [4.69, 9.17) is 0 Å². The van der Waals surface area contributed by atoms with Gasteiger partial charge in [0.1, 0.15) is 0 Å². The van der Waals surface area contributed by atoms with Crippen molar-refractivity contribution in [3.8, 4) is 0 Å². The number of carbonyl (C=O) groups excluding carboxylic acids is 2. The van der Waals surface area contributed by atoms with E-state index in [9.17, 15) is 18.0 Å². The molecular weight excluding hydrogens is 414 g/mol. The average Bonchev–Trinajstić information content (AvgIpc) is 2.78. The van der Waals surface area contributed by atoms with Crippen molar-refractivity contribution in [3.05, 3.63) is 65.7 Å². The SMILES string of the molecule is CC(=O)c1ccc(S(=O)(=O)N2CCN([C@H](C)C(=O)N(C)Cc3ccccc3)CC2)cc1. The predicted molar refractivity (Wildman–Crippen MR) is 119 cm³/mol. The Labute approximate surface area is 184 Å². The van der Waals surface area contributed by atoms with E-state index >= 15 is 0 Å². The molecule has 0 saturated carbocycles. The van der Waals surface area contributed by atoms with Gasteiger partial charge in [-0.3, -0.25) is 14.5 Å². The average molecular weight is 444 g/mol. The summed E-state index contributed by atoms with van der Waals surface area (Å²) >= 11 is 0. The summed E-state index contributed by atoms with van der Waals surface area (Å²) in [7, 11) is -1.84. The molecular formula is C23H29N3O4S. The van der Waals surface area contributed by atoms with Gasteiger partial charge < -0.3 is 4.90 Å². The highest BCUT2D eigenvalue weighted by molar-refractivity contribution is 7.89. The molecule has 7 nitrogen and oxygen atoms in total. The fourth-order valence-corrected chi connectivity index (χ4v) is 5.17. The monoisotopic (exact) mass is 443 g/mol. The molecule has 2 aromatic rings. The van der Waals surface area contributed by atoms with Gasteiger partial charge in [-0.05, 0) is 31.5 Å². The number of carbonyl (C=O) groups is 2. The Kier molecular flexibility index (Phi) is 7.25. The first-order valence-corrected chi connectivity index (χ1v) is 11.8. The van der Waals surface area contributed by atoms with E-state index in [1.54, 1.807) is 11.9 Å². The van der Waals surface area contributed by atoms with Gasteiger partial charge in [-0.15, -0.1) is 0 Å². The highest BCUT2D eigenvalue weighted by Gasteiger charge is 2.32. The summed E-state index contributed by atoms with van der Waals surface area (Å²) in [5.74, 6) is -0.0894. The topological polar surface area (TPSA) is 78.0 Å². The van der Waals surface area contributed by atoms with Gasteiger partial charge in [-0.1, -0.05) is 42.5 Å². The Morgan fingerprint density at radius 2 is 1.55 bits per heavy atom. The maximum Gasteiger partial charge on any atom is 0.243 e. The molecule has 0 radical (unpaired) electrons. The molecule has 1 saturated heterocycles. The summed E-state index contributed by atoms with van der Waals surface area (Å²) < 4.78 is 27.3. The van der Waals surface area contributed by atoms with Crippen LogP contribution in [0.15, 0.2) is 59.5 Å². The Morgan fingerprint density at radius 3 is 2.10 bits per heavy atom. The first-order valence-electron chi connectivity index (χ1n) is 10.3. The lowest BCUT2D eigenvalue weighted by Crippen LogP contribution is -2.54. The summed E-state index contributed by atoms with van der Waals surface area (Å²) in [6, 6.07) is 15.5. The zero-order chi connectivity index (χ0) is 22.6. The van der Waals surface area contributed by atoms with Gasteiger partial charge in [-0.25, -0.2) is 8.42 Å². The molecule has 3 rings (SSSR count). The molecule has 1 fully saturated rings. The van der Waals surface area contributed by atoms with Crippen LogP contribution in [0, 0.1) is 0 Å². The Hall–Kier alpha value is -2.55. The Balaban J connectivity index is 1.59. The van der Waals surface area contributed by atoms with Crippen LogP contribution in [0.2, 0.25) is 0 Å². The van der Waals surface area contributed by atoms with Crippen molar-refractivity contribution >= 4 is 21.7 Å². The molecule has 0 N–H and O–H groups in total. The first-order chi connectivity index (χ1) is 14.7. The number of nitrogens with zero attached hydrogens (tertiary/aromatic N) is 3. The molecule has 1 atom stereocenters. The third-order valence-corrected chi connectivity index (χ3v) is 7.63. The zero-order valence-electron chi connectivity index (χ0n) is 18.2. The summed E-state index contributed by atoms with van der Waals surface area (Å²) in [4.78, 5) is 28.2. The number of hydrogen-bond donors (Lipinski definition) is 0. The van der Waals surface area contributed by atoms with Crippen molar-refractivity contribution in [2.75, 3.05) is 33.2 Å². The van der Waals surface area contributed by atoms with Crippen LogP contribution in [0.4, 0.5) is 0 Å². The van der Waals surface area contributed by atoms with Crippen molar-refractivity contribution in [3.63, 3.8) is 0 Å². The minimum Gasteiger partial charge on any atom is -0.340 e. The van der Waals surface area contributed by atoms with Gasteiger partial charge in [0.2, 0.25) is 15.9 Å². The maximum absolute atomic E-state index is 12.9. The molecule has 1 heterocycles. The van der Waals surface area contributed by atoms with E-state index in [1.165, 1.54) is 35.5 Å². The number of ketones is 1. The quantitative estimate of drug-likeness (QED) is 0.614. The van der Waals surface area contributed by atoms with Crippen LogP contribution in [0.1, 0.15) is 29.8 Å². The van der Waals surface area contributed by atoms with Crippen LogP contribution in [0.25, 0.3) is 0 Å². The fourth-order valence-electron chi connectivity index (χ4n) is 3.75. The second-order valence-electron chi connectivity index (χ2n) is 7.88. The van der Waals surface area contributed by atoms with Crippen LogP contribution < -0.4 is 0 Å². The van der Waals surface area contributed by atoms with Gasteiger partial charge >= 0.3 is 0 Å². The van der Waals surface area contributed by atoms with Crippen molar-refractivity contribution in [1.29, 1.82) is 0 Å². The smallest absolute Gasteiger partial charge is 0.243 e. The normalized spacial score (nSPS) is 16.6. The second-order valence-corrected chi connectivity index (χ2v) is 9.81. The predicted octanol–water partition coefficient (Wildman–Crippen LogP) is 2.24. The van der Waals surface area contributed by atoms with Gasteiger partial charge in [0.25, 0.3) is 0 Å². The van der Waals surface area contributed by atoms with E-state index in [1.807, 2.05) is 42.2 Å². The third-order valence-electron chi connectivity index (χ3n) is 5.72. The summed E-state index contributed by atoms with van der Waals surface area (Å²) in [6.07, 6.45) is 0. The lowest BCUT2D eigenvalue weighted by atomic mass is 10.2. The van der Waals surface area contributed by atoms with E-state index in [0.29, 0.717) is 38.3 Å². The number of sulfonamides is 1. The number of piperazine rings is 1. The zero-order valence-corrected chi connectivity index (χ0v) is 19.0. The van der Waals surface area contributed by atoms with Crippen molar-refractivity contribution in [2.45, 2.75) is 31.3 Å². The minimum absolute atomic E-state index is 0.0139. The number of likely N-dealkylation sites (N-methyl/N-ethyl adjacent to an activating group) is 1. The van der Waals surface area contributed by atoms with Crippen LogP contribution in [-0.4, -0.2) is 73.5 Å². The first kappa shape index (κ1) is 23.1. The Bertz CT molecular complexity index is 1010. The standard InChI is InChI=1S/C23H29N3O4S/c1-18(23(28)24(3)17-20-7-5-4-6-8-20)25-13-15-26(16-14-25)31(29,30)22-11-9-21(10-12-22)19(2)27/h4-12,18H,13-17H2,1-3H3/t18-/m1/s1. The van der Waals surface area contributed by atoms with Gasteiger partial charge in [0, 0.05) is 45.3 Å². The largest absolute Gasteiger partial charge is 0.340 e. The van der Waals surface area contributed by atoms with Gasteiger partial charge in [0.05, 0.1) is 10.9 Å². The molecule has 1 amide bonds. The molecule has 1 aliphatic heterocycles. The molecule has 0 bridgehead atoms. The van der Waals surface area contributed by atoms with Crippen LogP contribution >= 0.6 is 0 Å². The summed E-state index contributed by atoms with van der Waals surface area (Å²) in [6.45, 7) is 5.45. The minimum atomic E-state index is -3.63. The molecule has 0 aromatic heterocycles. The molecule has 31 heavy (non-hydrogen) atoms. The molecule has 0 spiro atoms. The summed E-state index contributed by atoms with van der Waals surface area (Å²) in [5.41, 5.74) is 1.55. The lowest BCUT2D eigenvalue weighted by molar-refractivity contribution is -0.136. The summed E-state index contributed by atoms with van der Waals surface area (Å²) in [5, 5.41) is 0. The molecule has 8 heteroatoms. The van der Waals surface area contributed by atoms with Crippen LogP contribution in [-0.2, 0) is 21.4 Å². The number of Topliss-reactive ketones (excluding diaryl/α,β-unsaturated/α-hetero) is 1.